The molecule has 1 aromatic heterocycles. The molecule has 0 spiro atoms. The summed E-state index contributed by atoms with van der Waals surface area (Å²) in [6.45, 7) is 5.20. The highest BCUT2D eigenvalue weighted by Crippen LogP contribution is 2.19. The summed E-state index contributed by atoms with van der Waals surface area (Å²) in [5.74, 6) is 0. The van der Waals surface area contributed by atoms with E-state index in [0.29, 0.717) is 16.7 Å². The summed E-state index contributed by atoms with van der Waals surface area (Å²) < 4.78 is 0. The van der Waals surface area contributed by atoms with Crippen molar-refractivity contribution in [3.63, 3.8) is 0 Å². The number of pyridine rings is 1. The lowest BCUT2D eigenvalue weighted by Crippen LogP contribution is -2.30. The van der Waals surface area contributed by atoms with E-state index in [9.17, 15) is 0 Å². The Morgan fingerprint density at radius 1 is 1.20 bits per heavy atom. The zero-order valence-electron chi connectivity index (χ0n) is 11.8. The predicted molar refractivity (Wildman–Crippen MR) is 87.9 cm³/mol. The number of hydrogen-bond acceptors (Lipinski definition) is 3. The van der Waals surface area contributed by atoms with Gasteiger partial charge in [-0.25, -0.2) is 0 Å². The molecule has 0 aliphatic rings. The van der Waals surface area contributed by atoms with Gasteiger partial charge in [0, 0.05) is 12.6 Å². The molecular weight excluding hydrogens is 266 g/mol. The number of benzene rings is 1. The third kappa shape index (κ3) is 3.54. The lowest BCUT2D eigenvalue weighted by atomic mass is 10.1. The first-order chi connectivity index (χ1) is 9.58. The lowest BCUT2D eigenvalue weighted by Gasteiger charge is -2.29. The molecule has 0 bridgehead atoms. The van der Waals surface area contributed by atoms with E-state index < -0.39 is 0 Å². The van der Waals surface area contributed by atoms with E-state index in [1.54, 1.807) is 0 Å². The van der Waals surface area contributed by atoms with E-state index in [4.69, 9.17) is 18.0 Å². The quantitative estimate of drug-likeness (QED) is 0.857. The second-order valence-corrected chi connectivity index (χ2v) is 5.41. The summed E-state index contributed by atoms with van der Waals surface area (Å²) in [5.41, 5.74) is 8.59. The minimum Gasteiger partial charge on any atom is -0.388 e. The molecule has 0 aliphatic heterocycles. The predicted octanol–water partition coefficient (Wildman–Crippen LogP) is 3.13. The van der Waals surface area contributed by atoms with Crippen LogP contribution < -0.4 is 10.6 Å². The van der Waals surface area contributed by atoms with Crippen LogP contribution in [0.3, 0.4) is 0 Å². The summed E-state index contributed by atoms with van der Waals surface area (Å²) in [6, 6.07) is 14.7. The van der Waals surface area contributed by atoms with Crippen LogP contribution in [-0.2, 0) is 6.54 Å². The number of hydrogen-bond donors (Lipinski definition) is 1. The van der Waals surface area contributed by atoms with Crippen LogP contribution in [0.25, 0.3) is 0 Å². The first-order valence-electron chi connectivity index (χ1n) is 6.64. The van der Waals surface area contributed by atoms with Gasteiger partial charge in [-0.2, -0.15) is 0 Å². The topological polar surface area (TPSA) is 42.1 Å². The zero-order chi connectivity index (χ0) is 14.5. The van der Waals surface area contributed by atoms with Crippen LogP contribution in [0.15, 0.2) is 48.7 Å². The third-order valence-electron chi connectivity index (χ3n) is 3.15. The van der Waals surface area contributed by atoms with Crippen molar-refractivity contribution in [2.24, 2.45) is 5.73 Å². The first kappa shape index (κ1) is 14.5. The molecule has 0 amide bonds. The van der Waals surface area contributed by atoms with Crippen molar-refractivity contribution in [1.29, 1.82) is 0 Å². The van der Waals surface area contributed by atoms with E-state index in [2.05, 4.69) is 48.0 Å². The number of rotatable bonds is 5. The van der Waals surface area contributed by atoms with E-state index in [1.165, 1.54) is 5.56 Å². The van der Waals surface area contributed by atoms with Gasteiger partial charge >= 0.3 is 0 Å². The first-order valence-corrected chi connectivity index (χ1v) is 7.05. The van der Waals surface area contributed by atoms with Crippen molar-refractivity contribution in [2.75, 3.05) is 4.90 Å². The minimum absolute atomic E-state index is 0.329. The lowest BCUT2D eigenvalue weighted by molar-refractivity contribution is 0.681. The van der Waals surface area contributed by atoms with Gasteiger partial charge < -0.3 is 10.6 Å². The number of nitrogens with two attached hydrogens (primary N) is 1. The normalized spacial score (nSPS) is 10.6. The Kier molecular flexibility index (Phi) is 4.69. The fourth-order valence-corrected chi connectivity index (χ4v) is 2.17. The van der Waals surface area contributed by atoms with E-state index in [-0.39, 0.29) is 0 Å². The Hall–Kier alpha value is -1.94. The van der Waals surface area contributed by atoms with Gasteiger partial charge in [-0.05, 0) is 31.5 Å². The molecule has 0 saturated heterocycles. The largest absolute Gasteiger partial charge is 0.388 e. The molecule has 104 valence electrons. The number of aromatic nitrogens is 1. The van der Waals surface area contributed by atoms with Gasteiger partial charge in [0.05, 0.1) is 17.6 Å². The van der Waals surface area contributed by atoms with Crippen molar-refractivity contribution in [2.45, 2.75) is 26.4 Å². The molecule has 0 atom stereocenters. The van der Waals surface area contributed by atoms with Crippen LogP contribution in [0, 0.1) is 0 Å². The molecule has 0 radical (unpaired) electrons. The molecule has 0 fully saturated rings. The monoisotopic (exact) mass is 285 g/mol. The number of nitrogens with zero attached hydrogens (tertiary/aromatic N) is 2. The standard InChI is InChI=1S/C16H19N3S/c1-12(2)19(11-13-6-4-3-5-7-13)14-8-9-15(16(17)20)18-10-14/h3-10,12H,11H2,1-2H3,(H2,17,20). The summed E-state index contributed by atoms with van der Waals surface area (Å²) in [7, 11) is 0. The maximum absolute atomic E-state index is 5.58. The SMILES string of the molecule is CC(C)N(Cc1ccccc1)c1ccc(C(N)=S)nc1. The maximum Gasteiger partial charge on any atom is 0.122 e. The highest BCUT2D eigenvalue weighted by atomic mass is 32.1. The third-order valence-corrected chi connectivity index (χ3v) is 3.36. The Morgan fingerprint density at radius 2 is 1.90 bits per heavy atom. The fraction of sp³-hybridized carbons (Fsp3) is 0.250. The van der Waals surface area contributed by atoms with E-state index >= 15 is 0 Å². The Labute approximate surface area is 125 Å². The van der Waals surface area contributed by atoms with Gasteiger partial charge in [0.1, 0.15) is 4.99 Å². The van der Waals surface area contributed by atoms with Crippen LogP contribution in [0.4, 0.5) is 5.69 Å². The molecule has 0 saturated carbocycles. The summed E-state index contributed by atoms with van der Waals surface area (Å²) in [5, 5.41) is 0. The fourth-order valence-electron chi connectivity index (χ4n) is 2.05. The van der Waals surface area contributed by atoms with Gasteiger partial charge in [-0.1, -0.05) is 42.5 Å². The molecule has 4 heteroatoms. The summed E-state index contributed by atoms with van der Waals surface area (Å²) >= 11 is 4.93. The Morgan fingerprint density at radius 3 is 2.40 bits per heavy atom. The van der Waals surface area contributed by atoms with Gasteiger partial charge in [-0.15, -0.1) is 0 Å². The molecular formula is C16H19N3S. The van der Waals surface area contributed by atoms with Crippen molar-refractivity contribution in [3.05, 3.63) is 59.9 Å². The van der Waals surface area contributed by atoms with Crippen LogP contribution in [0.5, 0.6) is 0 Å². The zero-order valence-corrected chi connectivity index (χ0v) is 12.6. The molecule has 0 aliphatic carbocycles. The van der Waals surface area contributed by atoms with Gasteiger partial charge in [0.25, 0.3) is 0 Å². The van der Waals surface area contributed by atoms with Crippen LogP contribution >= 0.6 is 12.2 Å². The van der Waals surface area contributed by atoms with Crippen molar-refractivity contribution in [3.8, 4) is 0 Å². The Bertz CT molecular complexity index is 564. The van der Waals surface area contributed by atoms with Crippen molar-refractivity contribution >= 4 is 22.9 Å². The maximum atomic E-state index is 5.58. The molecule has 20 heavy (non-hydrogen) atoms. The highest BCUT2D eigenvalue weighted by molar-refractivity contribution is 7.80. The molecule has 2 rings (SSSR count). The van der Waals surface area contributed by atoms with Crippen molar-refractivity contribution < 1.29 is 0 Å². The van der Waals surface area contributed by atoms with Crippen LogP contribution in [0.1, 0.15) is 25.1 Å². The van der Waals surface area contributed by atoms with Gasteiger partial charge in [0.15, 0.2) is 0 Å². The Balaban J connectivity index is 2.22. The number of anilines is 1. The van der Waals surface area contributed by atoms with Crippen LogP contribution in [0.2, 0.25) is 0 Å². The van der Waals surface area contributed by atoms with Crippen molar-refractivity contribution in [1.82, 2.24) is 4.98 Å². The smallest absolute Gasteiger partial charge is 0.122 e. The molecule has 3 nitrogen and oxygen atoms in total. The second kappa shape index (κ2) is 6.48. The average molecular weight is 285 g/mol. The average Bonchev–Trinajstić information content (AvgIpc) is 2.45. The summed E-state index contributed by atoms with van der Waals surface area (Å²) in [6.07, 6.45) is 1.83. The van der Waals surface area contributed by atoms with Crippen LogP contribution in [-0.4, -0.2) is 16.0 Å². The molecule has 1 heterocycles. The molecule has 0 unspecified atom stereocenters. The number of thiocarbonyl (C=S) groups is 1. The van der Waals surface area contributed by atoms with Gasteiger partial charge in [-0.3, -0.25) is 4.98 Å². The molecule has 2 aromatic rings. The summed E-state index contributed by atoms with van der Waals surface area (Å²) in [4.78, 5) is 6.94. The van der Waals surface area contributed by atoms with E-state index in [1.807, 2.05) is 24.4 Å². The second-order valence-electron chi connectivity index (χ2n) is 4.97. The highest BCUT2D eigenvalue weighted by Gasteiger charge is 2.12. The minimum atomic E-state index is 0.329. The van der Waals surface area contributed by atoms with E-state index in [0.717, 1.165) is 12.2 Å². The van der Waals surface area contributed by atoms with Gasteiger partial charge in [0.2, 0.25) is 0 Å². The molecule has 1 aromatic carbocycles. The molecule has 2 N–H and O–H groups in total.